The molecule has 1 aromatic rings. The summed E-state index contributed by atoms with van der Waals surface area (Å²) in [7, 11) is 0. The summed E-state index contributed by atoms with van der Waals surface area (Å²) in [5.74, 6) is -0.444. The van der Waals surface area contributed by atoms with Crippen molar-refractivity contribution in [2.45, 2.75) is 20.3 Å². The number of para-hydroxylation sites is 1. The highest BCUT2D eigenvalue weighted by atomic mass is 16.3. The van der Waals surface area contributed by atoms with Crippen molar-refractivity contribution in [1.82, 2.24) is 5.43 Å². The lowest BCUT2D eigenvalue weighted by molar-refractivity contribution is 0.0952. The summed E-state index contributed by atoms with van der Waals surface area (Å²) in [5.41, 5.74) is 3.44. The summed E-state index contributed by atoms with van der Waals surface area (Å²) in [6.45, 7) is 3.77. The Morgan fingerprint density at radius 2 is 2.13 bits per heavy atom. The summed E-state index contributed by atoms with van der Waals surface area (Å²) in [6.07, 6.45) is 0.779. The molecular weight excluding hydrogens is 192 g/mol. The Balaban J connectivity index is 2.74. The van der Waals surface area contributed by atoms with Gasteiger partial charge < -0.3 is 5.11 Å². The molecule has 1 aromatic carbocycles. The number of hydrazone groups is 1. The van der Waals surface area contributed by atoms with Crippen LogP contribution in [0.4, 0.5) is 0 Å². The Hall–Kier alpha value is -1.84. The van der Waals surface area contributed by atoms with E-state index in [1.54, 1.807) is 18.2 Å². The van der Waals surface area contributed by atoms with Crippen molar-refractivity contribution in [2.24, 2.45) is 5.10 Å². The minimum atomic E-state index is -0.402. The number of nitrogens with zero attached hydrogens (tertiary/aromatic N) is 1. The third-order valence-corrected chi connectivity index (χ3v) is 2.01. The molecule has 2 N–H and O–H groups in total. The van der Waals surface area contributed by atoms with Gasteiger partial charge >= 0.3 is 0 Å². The summed E-state index contributed by atoms with van der Waals surface area (Å²) in [4.78, 5) is 11.5. The van der Waals surface area contributed by atoms with Gasteiger partial charge in [0.25, 0.3) is 5.91 Å². The number of hydrogen-bond acceptors (Lipinski definition) is 3. The Morgan fingerprint density at radius 1 is 1.47 bits per heavy atom. The minimum absolute atomic E-state index is 0.0423. The SMILES string of the molecule is CC/C(C)=N/NC(=O)c1ccccc1O. The highest BCUT2D eigenvalue weighted by molar-refractivity contribution is 5.97. The van der Waals surface area contributed by atoms with E-state index in [0.29, 0.717) is 0 Å². The van der Waals surface area contributed by atoms with Gasteiger partial charge in [-0.3, -0.25) is 4.79 Å². The molecule has 0 aliphatic carbocycles. The second-order valence-electron chi connectivity index (χ2n) is 3.16. The molecule has 15 heavy (non-hydrogen) atoms. The highest BCUT2D eigenvalue weighted by Gasteiger charge is 2.08. The summed E-state index contributed by atoms with van der Waals surface area (Å²) >= 11 is 0. The molecule has 0 saturated heterocycles. The molecule has 0 fully saturated rings. The summed E-state index contributed by atoms with van der Waals surface area (Å²) in [5, 5.41) is 13.3. The zero-order valence-corrected chi connectivity index (χ0v) is 8.82. The molecule has 0 aliphatic rings. The van der Waals surface area contributed by atoms with Gasteiger partial charge in [0.05, 0.1) is 5.56 Å². The number of rotatable bonds is 3. The lowest BCUT2D eigenvalue weighted by atomic mass is 10.2. The molecule has 0 bridgehead atoms. The van der Waals surface area contributed by atoms with Gasteiger partial charge in [-0.1, -0.05) is 19.1 Å². The Morgan fingerprint density at radius 3 is 2.73 bits per heavy atom. The Kier molecular flexibility index (Phi) is 3.85. The Labute approximate surface area is 88.6 Å². The van der Waals surface area contributed by atoms with Gasteiger partial charge in [-0.25, -0.2) is 5.43 Å². The fourth-order valence-electron chi connectivity index (χ4n) is 0.951. The van der Waals surface area contributed by atoms with Crippen LogP contribution in [0.15, 0.2) is 29.4 Å². The zero-order valence-electron chi connectivity index (χ0n) is 8.82. The first kappa shape index (κ1) is 11.2. The number of phenolic OH excluding ortho intramolecular Hbond substituents is 1. The van der Waals surface area contributed by atoms with Crippen molar-refractivity contribution < 1.29 is 9.90 Å². The van der Waals surface area contributed by atoms with Crippen LogP contribution in [0.3, 0.4) is 0 Å². The average Bonchev–Trinajstić information content (AvgIpc) is 2.26. The number of phenols is 1. The van der Waals surface area contributed by atoms with Gasteiger partial charge in [0.15, 0.2) is 0 Å². The van der Waals surface area contributed by atoms with E-state index in [4.69, 9.17) is 0 Å². The number of nitrogens with one attached hydrogen (secondary N) is 1. The second-order valence-corrected chi connectivity index (χ2v) is 3.16. The molecule has 1 rings (SSSR count). The molecule has 0 saturated carbocycles. The molecule has 4 heteroatoms. The maximum Gasteiger partial charge on any atom is 0.275 e. The fraction of sp³-hybridized carbons (Fsp3) is 0.273. The fourth-order valence-corrected chi connectivity index (χ4v) is 0.951. The third kappa shape index (κ3) is 3.09. The molecule has 0 heterocycles. The van der Waals surface area contributed by atoms with Crippen molar-refractivity contribution in [2.75, 3.05) is 0 Å². The number of aromatic hydroxyl groups is 1. The molecule has 0 aromatic heterocycles. The molecular formula is C11H14N2O2. The summed E-state index contributed by atoms with van der Waals surface area (Å²) < 4.78 is 0. The van der Waals surface area contributed by atoms with E-state index in [1.807, 2.05) is 13.8 Å². The van der Waals surface area contributed by atoms with Crippen LogP contribution in [-0.4, -0.2) is 16.7 Å². The van der Waals surface area contributed by atoms with Crippen LogP contribution < -0.4 is 5.43 Å². The van der Waals surface area contributed by atoms with Gasteiger partial charge in [-0.15, -0.1) is 0 Å². The normalized spacial score (nSPS) is 11.2. The molecule has 0 unspecified atom stereocenters. The second kappa shape index (κ2) is 5.14. The van der Waals surface area contributed by atoms with E-state index in [9.17, 15) is 9.90 Å². The number of amides is 1. The van der Waals surface area contributed by atoms with Crippen molar-refractivity contribution in [3.05, 3.63) is 29.8 Å². The Bertz CT molecular complexity index is 386. The van der Waals surface area contributed by atoms with Crippen LogP contribution in [-0.2, 0) is 0 Å². The molecule has 0 spiro atoms. The maximum absolute atomic E-state index is 11.5. The molecule has 4 nitrogen and oxygen atoms in total. The number of carbonyl (C=O) groups is 1. The zero-order chi connectivity index (χ0) is 11.3. The first-order valence-corrected chi connectivity index (χ1v) is 4.76. The smallest absolute Gasteiger partial charge is 0.275 e. The summed E-state index contributed by atoms with van der Waals surface area (Å²) in [6, 6.07) is 6.35. The van der Waals surface area contributed by atoms with Gasteiger partial charge in [0.1, 0.15) is 5.75 Å². The number of benzene rings is 1. The van der Waals surface area contributed by atoms with Gasteiger partial charge in [-0.05, 0) is 25.5 Å². The van der Waals surface area contributed by atoms with Crippen LogP contribution >= 0.6 is 0 Å². The monoisotopic (exact) mass is 206 g/mol. The first-order valence-electron chi connectivity index (χ1n) is 4.76. The van der Waals surface area contributed by atoms with Crippen LogP contribution in [0.25, 0.3) is 0 Å². The van der Waals surface area contributed by atoms with Crippen molar-refractivity contribution in [1.29, 1.82) is 0 Å². The molecule has 0 atom stereocenters. The topological polar surface area (TPSA) is 61.7 Å². The lowest BCUT2D eigenvalue weighted by Gasteiger charge is -2.02. The van der Waals surface area contributed by atoms with E-state index in [1.165, 1.54) is 6.07 Å². The molecule has 0 aliphatic heterocycles. The van der Waals surface area contributed by atoms with Gasteiger partial charge in [0, 0.05) is 5.71 Å². The highest BCUT2D eigenvalue weighted by Crippen LogP contribution is 2.14. The van der Waals surface area contributed by atoms with E-state index in [2.05, 4.69) is 10.5 Å². The van der Waals surface area contributed by atoms with E-state index in [0.717, 1.165) is 12.1 Å². The van der Waals surface area contributed by atoms with Crippen LogP contribution in [0.1, 0.15) is 30.6 Å². The largest absolute Gasteiger partial charge is 0.507 e. The van der Waals surface area contributed by atoms with Crippen molar-refractivity contribution in [3.63, 3.8) is 0 Å². The van der Waals surface area contributed by atoms with Gasteiger partial charge in [0.2, 0.25) is 0 Å². The first-order chi connectivity index (χ1) is 7.15. The maximum atomic E-state index is 11.5. The van der Waals surface area contributed by atoms with Crippen LogP contribution in [0, 0.1) is 0 Å². The average molecular weight is 206 g/mol. The van der Waals surface area contributed by atoms with E-state index in [-0.39, 0.29) is 11.3 Å². The van der Waals surface area contributed by atoms with Crippen molar-refractivity contribution >= 4 is 11.6 Å². The standard InChI is InChI=1S/C11H14N2O2/c1-3-8(2)12-13-11(15)9-6-4-5-7-10(9)14/h4-7,14H,3H2,1-2H3,(H,13,15)/b12-8+. The molecule has 80 valence electrons. The van der Waals surface area contributed by atoms with E-state index < -0.39 is 5.91 Å². The minimum Gasteiger partial charge on any atom is -0.507 e. The molecule has 0 radical (unpaired) electrons. The van der Waals surface area contributed by atoms with Gasteiger partial charge in [-0.2, -0.15) is 5.10 Å². The number of hydrogen-bond donors (Lipinski definition) is 2. The van der Waals surface area contributed by atoms with Crippen LogP contribution in [0.5, 0.6) is 5.75 Å². The predicted octanol–water partition coefficient (Wildman–Crippen LogP) is 1.91. The van der Waals surface area contributed by atoms with Crippen LogP contribution in [0.2, 0.25) is 0 Å². The quantitative estimate of drug-likeness (QED) is 0.586. The molecule has 1 amide bonds. The predicted molar refractivity (Wildman–Crippen MR) is 59.0 cm³/mol. The number of carbonyl (C=O) groups excluding carboxylic acids is 1. The van der Waals surface area contributed by atoms with E-state index >= 15 is 0 Å². The third-order valence-electron chi connectivity index (χ3n) is 2.01. The van der Waals surface area contributed by atoms with Crippen molar-refractivity contribution in [3.8, 4) is 5.75 Å². The lowest BCUT2D eigenvalue weighted by Crippen LogP contribution is -2.18.